The lowest BCUT2D eigenvalue weighted by Crippen LogP contribution is -2.29. The molecule has 0 aliphatic heterocycles. The van der Waals surface area contributed by atoms with Gasteiger partial charge in [-0.15, -0.1) is 0 Å². The van der Waals surface area contributed by atoms with Gasteiger partial charge in [0.1, 0.15) is 9.84 Å². The summed E-state index contributed by atoms with van der Waals surface area (Å²) in [6.45, 7) is 2.21. The van der Waals surface area contributed by atoms with E-state index in [9.17, 15) is 26.4 Å². The van der Waals surface area contributed by atoms with Crippen LogP contribution in [-0.2, 0) is 22.6 Å². The van der Waals surface area contributed by atoms with E-state index in [4.69, 9.17) is 0 Å². The standard InChI is InChI=1S/C16H18F3N3O3S/c1-3-22-10-11(9-21-22)14-8-12(16(17,18)19)4-5-13(14)15(23)20-6-7-26(2,24)25/h4-5,8-10H,3,6-7H2,1-2H3,(H,20,23). The SMILES string of the molecule is CCn1cc(-c2cc(C(F)(F)F)ccc2C(=O)NCCS(C)(=O)=O)cn1. The first-order chi connectivity index (χ1) is 12.0. The molecule has 0 aliphatic carbocycles. The maximum atomic E-state index is 13.0. The van der Waals surface area contributed by atoms with Crippen molar-refractivity contribution in [2.75, 3.05) is 18.6 Å². The number of rotatable bonds is 6. The molecule has 1 aromatic carbocycles. The average Bonchev–Trinajstić information content (AvgIpc) is 3.01. The van der Waals surface area contributed by atoms with Crippen molar-refractivity contribution in [1.82, 2.24) is 15.1 Å². The van der Waals surface area contributed by atoms with Crippen molar-refractivity contribution in [2.24, 2.45) is 0 Å². The van der Waals surface area contributed by atoms with Gasteiger partial charge in [0, 0.05) is 36.7 Å². The number of aromatic nitrogens is 2. The second-order valence-electron chi connectivity index (χ2n) is 5.73. The Bertz CT molecular complexity index is 905. The zero-order valence-corrected chi connectivity index (χ0v) is 15.0. The summed E-state index contributed by atoms with van der Waals surface area (Å²) >= 11 is 0. The molecule has 1 heterocycles. The summed E-state index contributed by atoms with van der Waals surface area (Å²) < 4.78 is 62.9. The number of nitrogens with one attached hydrogen (secondary N) is 1. The maximum Gasteiger partial charge on any atom is 0.416 e. The Labute approximate surface area is 148 Å². The summed E-state index contributed by atoms with van der Waals surface area (Å²) in [4.78, 5) is 12.3. The zero-order chi connectivity index (χ0) is 19.5. The summed E-state index contributed by atoms with van der Waals surface area (Å²) in [7, 11) is -3.27. The van der Waals surface area contributed by atoms with Crippen LogP contribution in [0.15, 0.2) is 30.6 Å². The molecular weight excluding hydrogens is 371 g/mol. The van der Waals surface area contributed by atoms with Crippen LogP contribution in [0.25, 0.3) is 11.1 Å². The van der Waals surface area contributed by atoms with Crippen LogP contribution in [0.4, 0.5) is 13.2 Å². The molecular formula is C16H18F3N3O3S. The molecule has 0 unspecified atom stereocenters. The molecule has 0 atom stereocenters. The number of carbonyl (C=O) groups is 1. The highest BCUT2D eigenvalue weighted by molar-refractivity contribution is 7.90. The number of alkyl halides is 3. The van der Waals surface area contributed by atoms with Crippen LogP contribution < -0.4 is 5.32 Å². The summed E-state index contributed by atoms with van der Waals surface area (Å²) in [5.74, 6) is -0.913. The number of amides is 1. The molecule has 6 nitrogen and oxygen atoms in total. The first kappa shape index (κ1) is 20.0. The molecule has 2 aromatic rings. The Balaban J connectivity index is 2.39. The number of halogens is 3. The van der Waals surface area contributed by atoms with E-state index in [0.717, 1.165) is 24.5 Å². The third-order valence-corrected chi connectivity index (χ3v) is 4.56. The Kier molecular flexibility index (Phi) is 5.74. The van der Waals surface area contributed by atoms with Gasteiger partial charge in [-0.2, -0.15) is 18.3 Å². The highest BCUT2D eigenvalue weighted by Gasteiger charge is 2.31. The van der Waals surface area contributed by atoms with E-state index in [1.165, 1.54) is 10.9 Å². The highest BCUT2D eigenvalue weighted by Crippen LogP contribution is 2.34. The monoisotopic (exact) mass is 389 g/mol. The third-order valence-electron chi connectivity index (χ3n) is 3.62. The zero-order valence-electron chi connectivity index (χ0n) is 14.2. The maximum absolute atomic E-state index is 13.0. The Morgan fingerprint density at radius 2 is 2.00 bits per heavy atom. The van der Waals surface area contributed by atoms with E-state index in [1.54, 1.807) is 6.20 Å². The summed E-state index contributed by atoms with van der Waals surface area (Å²) in [5.41, 5.74) is -0.422. The second-order valence-corrected chi connectivity index (χ2v) is 7.99. The van der Waals surface area contributed by atoms with Crippen LogP contribution in [0.2, 0.25) is 0 Å². The average molecular weight is 389 g/mol. The summed E-state index contributed by atoms with van der Waals surface area (Å²) in [6, 6.07) is 2.79. The van der Waals surface area contributed by atoms with Gasteiger partial charge in [-0.25, -0.2) is 8.42 Å². The minimum atomic E-state index is -4.55. The second kappa shape index (κ2) is 7.48. The fourth-order valence-corrected chi connectivity index (χ4v) is 2.75. The minimum absolute atomic E-state index is 0.0159. The summed E-state index contributed by atoms with van der Waals surface area (Å²) in [6.07, 6.45) is -0.600. The molecule has 1 aromatic heterocycles. The molecule has 0 aliphatic rings. The fourth-order valence-electron chi connectivity index (χ4n) is 2.28. The molecule has 1 N–H and O–H groups in total. The molecule has 0 radical (unpaired) electrons. The van der Waals surface area contributed by atoms with Crippen molar-refractivity contribution in [1.29, 1.82) is 0 Å². The van der Waals surface area contributed by atoms with Crippen LogP contribution in [-0.4, -0.2) is 42.7 Å². The van der Waals surface area contributed by atoms with E-state index in [0.29, 0.717) is 12.1 Å². The third kappa shape index (κ3) is 5.07. The summed E-state index contributed by atoms with van der Waals surface area (Å²) in [5, 5.41) is 6.44. The normalized spacial score (nSPS) is 12.2. The van der Waals surface area contributed by atoms with Crippen LogP contribution in [0.1, 0.15) is 22.8 Å². The lowest BCUT2D eigenvalue weighted by atomic mass is 9.98. The number of nitrogens with zero attached hydrogens (tertiary/aromatic N) is 2. The van der Waals surface area contributed by atoms with E-state index in [2.05, 4.69) is 10.4 Å². The van der Waals surface area contributed by atoms with Crippen LogP contribution in [0.5, 0.6) is 0 Å². The van der Waals surface area contributed by atoms with Gasteiger partial charge in [0.05, 0.1) is 17.5 Å². The lowest BCUT2D eigenvalue weighted by Gasteiger charge is -2.13. The fraction of sp³-hybridized carbons (Fsp3) is 0.375. The van der Waals surface area contributed by atoms with Gasteiger partial charge in [-0.1, -0.05) is 0 Å². The number of benzene rings is 1. The molecule has 0 saturated heterocycles. The first-order valence-electron chi connectivity index (χ1n) is 7.71. The Hall–Kier alpha value is -2.36. The molecule has 10 heteroatoms. The molecule has 0 saturated carbocycles. The van der Waals surface area contributed by atoms with Crippen LogP contribution in [0, 0.1) is 0 Å². The molecule has 26 heavy (non-hydrogen) atoms. The number of hydrogen-bond donors (Lipinski definition) is 1. The number of aryl methyl sites for hydroxylation is 1. The number of carbonyl (C=O) groups excluding carboxylic acids is 1. The first-order valence-corrected chi connectivity index (χ1v) is 9.77. The largest absolute Gasteiger partial charge is 0.416 e. The van der Waals surface area contributed by atoms with E-state index in [-0.39, 0.29) is 23.4 Å². The van der Waals surface area contributed by atoms with Crippen molar-refractivity contribution in [3.8, 4) is 11.1 Å². The van der Waals surface area contributed by atoms with Crippen molar-refractivity contribution in [3.63, 3.8) is 0 Å². The topological polar surface area (TPSA) is 81.1 Å². The predicted octanol–water partition coefficient (Wildman–Crippen LogP) is 2.36. The molecule has 0 spiro atoms. The smallest absolute Gasteiger partial charge is 0.351 e. The van der Waals surface area contributed by atoms with Gasteiger partial charge in [-0.05, 0) is 30.7 Å². The van der Waals surface area contributed by atoms with Crippen molar-refractivity contribution >= 4 is 15.7 Å². The molecule has 0 fully saturated rings. The van der Waals surface area contributed by atoms with Crippen LogP contribution >= 0.6 is 0 Å². The minimum Gasteiger partial charge on any atom is -0.351 e. The molecule has 1 amide bonds. The quantitative estimate of drug-likeness (QED) is 0.823. The number of hydrogen-bond acceptors (Lipinski definition) is 4. The Morgan fingerprint density at radius 1 is 1.31 bits per heavy atom. The van der Waals surface area contributed by atoms with Crippen molar-refractivity contribution < 1.29 is 26.4 Å². The van der Waals surface area contributed by atoms with Crippen LogP contribution in [0.3, 0.4) is 0 Å². The van der Waals surface area contributed by atoms with Gasteiger partial charge < -0.3 is 5.32 Å². The predicted molar refractivity (Wildman–Crippen MR) is 90.4 cm³/mol. The molecule has 142 valence electrons. The van der Waals surface area contributed by atoms with Gasteiger partial charge in [0.15, 0.2) is 0 Å². The van der Waals surface area contributed by atoms with Gasteiger partial charge in [0.2, 0.25) is 0 Å². The highest BCUT2D eigenvalue weighted by atomic mass is 32.2. The molecule has 2 rings (SSSR count). The van der Waals surface area contributed by atoms with E-state index >= 15 is 0 Å². The van der Waals surface area contributed by atoms with Gasteiger partial charge >= 0.3 is 6.18 Å². The number of sulfone groups is 1. The van der Waals surface area contributed by atoms with Gasteiger partial charge in [0.25, 0.3) is 5.91 Å². The lowest BCUT2D eigenvalue weighted by molar-refractivity contribution is -0.137. The van der Waals surface area contributed by atoms with Crippen molar-refractivity contribution in [2.45, 2.75) is 19.6 Å². The van der Waals surface area contributed by atoms with E-state index < -0.39 is 27.5 Å². The van der Waals surface area contributed by atoms with Crippen molar-refractivity contribution in [3.05, 3.63) is 41.7 Å². The molecule has 0 bridgehead atoms. The van der Waals surface area contributed by atoms with Gasteiger partial charge in [-0.3, -0.25) is 9.48 Å². The van der Waals surface area contributed by atoms with E-state index in [1.807, 2.05) is 6.92 Å². The Morgan fingerprint density at radius 3 is 2.54 bits per heavy atom.